The number of allylic oxidation sites excluding steroid dienone is 2. The molecule has 3 atom stereocenters. The van der Waals surface area contributed by atoms with Crippen LogP contribution in [0.5, 0.6) is 0 Å². The summed E-state index contributed by atoms with van der Waals surface area (Å²) in [7, 11) is 0. The molecule has 0 spiro atoms. The number of amides is 1. The standard InChI is InChI=1S/C29H32N2O/c1-2-3-14-26(25-17-15-23(16-18-25)22-10-6-4-7-11-22)29(32)31-28-19-20-30-21-27(28)24-12-8-5-9-13-24/h2-13,15-18,26-28,30H,14,19-21H2,1H3,(H,31,32). The van der Waals surface area contributed by atoms with E-state index in [4.69, 9.17) is 0 Å². The number of nitrogens with one attached hydrogen (secondary N) is 2. The largest absolute Gasteiger partial charge is 0.352 e. The summed E-state index contributed by atoms with van der Waals surface area (Å²) in [5.41, 5.74) is 4.70. The van der Waals surface area contributed by atoms with Crippen LogP contribution in [-0.4, -0.2) is 25.0 Å². The highest BCUT2D eigenvalue weighted by Gasteiger charge is 2.30. The van der Waals surface area contributed by atoms with Crippen LogP contribution in [0, 0.1) is 0 Å². The van der Waals surface area contributed by atoms with Crippen LogP contribution in [0.3, 0.4) is 0 Å². The van der Waals surface area contributed by atoms with Crippen LogP contribution in [0.25, 0.3) is 11.1 Å². The topological polar surface area (TPSA) is 41.1 Å². The smallest absolute Gasteiger partial charge is 0.228 e. The van der Waals surface area contributed by atoms with Gasteiger partial charge in [-0.2, -0.15) is 0 Å². The first-order valence-electron chi connectivity index (χ1n) is 11.6. The fraction of sp³-hybridized carbons (Fsp3) is 0.276. The maximum absolute atomic E-state index is 13.5. The third-order valence-corrected chi connectivity index (χ3v) is 6.38. The molecule has 3 aromatic rings. The van der Waals surface area contributed by atoms with Gasteiger partial charge in [0, 0.05) is 18.5 Å². The molecule has 1 heterocycles. The van der Waals surface area contributed by atoms with Gasteiger partial charge in [0.25, 0.3) is 0 Å². The van der Waals surface area contributed by atoms with Crippen LogP contribution in [-0.2, 0) is 4.79 Å². The molecule has 3 aromatic carbocycles. The maximum Gasteiger partial charge on any atom is 0.228 e. The molecule has 164 valence electrons. The van der Waals surface area contributed by atoms with E-state index in [1.165, 1.54) is 16.7 Å². The molecule has 3 unspecified atom stereocenters. The number of hydrogen-bond donors (Lipinski definition) is 2. The molecular formula is C29H32N2O. The number of benzene rings is 3. The second kappa shape index (κ2) is 10.9. The lowest BCUT2D eigenvalue weighted by Crippen LogP contribution is -2.49. The Balaban J connectivity index is 1.53. The zero-order valence-corrected chi connectivity index (χ0v) is 18.7. The van der Waals surface area contributed by atoms with E-state index in [-0.39, 0.29) is 23.8 Å². The van der Waals surface area contributed by atoms with Crippen molar-refractivity contribution in [1.82, 2.24) is 10.6 Å². The second-order valence-corrected chi connectivity index (χ2v) is 8.47. The first-order chi connectivity index (χ1) is 15.8. The fourth-order valence-corrected chi connectivity index (χ4v) is 4.57. The first-order valence-corrected chi connectivity index (χ1v) is 11.6. The highest BCUT2D eigenvalue weighted by Crippen LogP contribution is 2.28. The molecule has 3 heteroatoms. The Bertz CT molecular complexity index is 1010. The Morgan fingerprint density at radius 1 is 0.969 bits per heavy atom. The summed E-state index contributed by atoms with van der Waals surface area (Å²) < 4.78 is 0. The summed E-state index contributed by atoms with van der Waals surface area (Å²) in [4.78, 5) is 13.5. The highest BCUT2D eigenvalue weighted by molar-refractivity contribution is 5.84. The maximum atomic E-state index is 13.5. The fourth-order valence-electron chi connectivity index (χ4n) is 4.57. The van der Waals surface area contributed by atoms with Crippen LogP contribution < -0.4 is 10.6 Å². The molecule has 0 aliphatic carbocycles. The molecule has 32 heavy (non-hydrogen) atoms. The van der Waals surface area contributed by atoms with E-state index in [2.05, 4.69) is 77.4 Å². The van der Waals surface area contributed by atoms with Gasteiger partial charge in [-0.3, -0.25) is 4.79 Å². The zero-order valence-electron chi connectivity index (χ0n) is 18.7. The van der Waals surface area contributed by atoms with E-state index >= 15 is 0 Å². The van der Waals surface area contributed by atoms with Crippen LogP contribution in [0.2, 0.25) is 0 Å². The average Bonchev–Trinajstić information content (AvgIpc) is 2.86. The van der Waals surface area contributed by atoms with Gasteiger partial charge < -0.3 is 10.6 Å². The van der Waals surface area contributed by atoms with Crippen molar-refractivity contribution >= 4 is 5.91 Å². The summed E-state index contributed by atoms with van der Waals surface area (Å²) in [6, 6.07) is 29.5. The summed E-state index contributed by atoms with van der Waals surface area (Å²) in [6.07, 6.45) is 5.75. The normalized spacial score (nSPS) is 19.5. The number of rotatable bonds is 7. The number of carbonyl (C=O) groups is 1. The predicted molar refractivity (Wildman–Crippen MR) is 133 cm³/mol. The van der Waals surface area contributed by atoms with E-state index in [9.17, 15) is 4.79 Å². The van der Waals surface area contributed by atoms with Gasteiger partial charge >= 0.3 is 0 Å². The highest BCUT2D eigenvalue weighted by atomic mass is 16.1. The quantitative estimate of drug-likeness (QED) is 0.480. The summed E-state index contributed by atoms with van der Waals surface area (Å²) in [5.74, 6) is 0.211. The van der Waals surface area contributed by atoms with Gasteiger partial charge in [-0.05, 0) is 48.6 Å². The lowest BCUT2D eigenvalue weighted by Gasteiger charge is -2.34. The minimum absolute atomic E-state index is 0.114. The number of hydrogen-bond acceptors (Lipinski definition) is 2. The van der Waals surface area contributed by atoms with Gasteiger partial charge in [0.1, 0.15) is 0 Å². The SMILES string of the molecule is CC=CCC(C(=O)NC1CCNCC1c1ccccc1)c1ccc(-c2ccccc2)cc1. The van der Waals surface area contributed by atoms with Crippen LogP contribution >= 0.6 is 0 Å². The van der Waals surface area contributed by atoms with Crippen molar-refractivity contribution in [2.75, 3.05) is 13.1 Å². The summed E-state index contributed by atoms with van der Waals surface area (Å²) in [6.45, 7) is 3.82. The third-order valence-electron chi connectivity index (χ3n) is 6.38. The van der Waals surface area contributed by atoms with Crippen LogP contribution in [0.15, 0.2) is 97.1 Å². The monoisotopic (exact) mass is 424 g/mol. The van der Waals surface area contributed by atoms with Crippen molar-refractivity contribution in [3.05, 3.63) is 108 Å². The average molecular weight is 425 g/mol. The molecule has 3 nitrogen and oxygen atoms in total. The molecule has 1 aliphatic heterocycles. The van der Waals surface area contributed by atoms with Crippen molar-refractivity contribution in [2.45, 2.75) is 37.6 Å². The van der Waals surface area contributed by atoms with Crippen LogP contribution in [0.4, 0.5) is 0 Å². The van der Waals surface area contributed by atoms with E-state index < -0.39 is 0 Å². The van der Waals surface area contributed by atoms with Crippen molar-refractivity contribution in [1.29, 1.82) is 0 Å². The number of piperidine rings is 1. The first kappa shape index (κ1) is 22.0. The molecule has 0 saturated carbocycles. The van der Waals surface area contributed by atoms with Crippen molar-refractivity contribution < 1.29 is 4.79 Å². The van der Waals surface area contributed by atoms with Gasteiger partial charge in [0.15, 0.2) is 0 Å². The van der Waals surface area contributed by atoms with Gasteiger partial charge in [-0.1, -0.05) is 97.1 Å². The molecule has 1 fully saturated rings. The molecule has 0 radical (unpaired) electrons. The molecular weight excluding hydrogens is 392 g/mol. The van der Waals surface area contributed by atoms with Gasteiger partial charge in [0.2, 0.25) is 5.91 Å². The Kier molecular flexibility index (Phi) is 7.52. The second-order valence-electron chi connectivity index (χ2n) is 8.47. The van der Waals surface area contributed by atoms with Crippen molar-refractivity contribution in [2.24, 2.45) is 0 Å². The summed E-state index contributed by atoms with van der Waals surface area (Å²) in [5, 5.41) is 6.90. The Labute approximate surface area is 191 Å². The Morgan fingerprint density at radius 2 is 1.62 bits per heavy atom. The van der Waals surface area contributed by atoms with Crippen molar-refractivity contribution in [3.8, 4) is 11.1 Å². The van der Waals surface area contributed by atoms with Crippen LogP contribution in [0.1, 0.15) is 42.7 Å². The molecule has 0 aromatic heterocycles. The van der Waals surface area contributed by atoms with E-state index in [0.29, 0.717) is 6.42 Å². The lowest BCUT2D eigenvalue weighted by atomic mass is 9.85. The minimum Gasteiger partial charge on any atom is -0.352 e. The Hall–Kier alpha value is -3.17. The van der Waals surface area contributed by atoms with Gasteiger partial charge in [-0.25, -0.2) is 0 Å². The molecule has 1 saturated heterocycles. The summed E-state index contributed by atoms with van der Waals surface area (Å²) >= 11 is 0. The minimum atomic E-state index is -0.192. The van der Waals surface area contributed by atoms with E-state index in [1.54, 1.807) is 0 Å². The van der Waals surface area contributed by atoms with Crippen molar-refractivity contribution in [3.63, 3.8) is 0 Å². The molecule has 1 amide bonds. The lowest BCUT2D eigenvalue weighted by molar-refractivity contribution is -0.123. The third kappa shape index (κ3) is 5.35. The van der Waals surface area contributed by atoms with E-state index in [1.807, 2.05) is 37.3 Å². The zero-order chi connectivity index (χ0) is 22.2. The predicted octanol–water partition coefficient (Wildman–Crippen LogP) is 5.67. The molecule has 0 bridgehead atoms. The van der Waals surface area contributed by atoms with Gasteiger partial charge in [0.05, 0.1) is 5.92 Å². The molecule has 1 aliphatic rings. The molecule has 2 N–H and O–H groups in total. The van der Waals surface area contributed by atoms with E-state index in [0.717, 1.165) is 25.1 Å². The number of carbonyl (C=O) groups excluding carboxylic acids is 1. The molecule has 4 rings (SSSR count). The Morgan fingerprint density at radius 3 is 2.31 bits per heavy atom. The van der Waals surface area contributed by atoms with Gasteiger partial charge in [-0.15, -0.1) is 0 Å².